The van der Waals surface area contributed by atoms with Gasteiger partial charge in [-0.3, -0.25) is 9.69 Å². The smallest absolute Gasteiger partial charge is 0.242 e. The van der Waals surface area contributed by atoms with Gasteiger partial charge in [0.15, 0.2) is 0 Å². The first kappa shape index (κ1) is 22.1. The van der Waals surface area contributed by atoms with Crippen LogP contribution in [0.5, 0.6) is 0 Å². The summed E-state index contributed by atoms with van der Waals surface area (Å²) in [5, 5.41) is 2.77. The van der Waals surface area contributed by atoms with E-state index >= 15 is 0 Å². The molecule has 2 aromatic rings. The molecule has 1 N–H and O–H groups in total. The van der Waals surface area contributed by atoms with Gasteiger partial charge in [-0.2, -0.15) is 0 Å². The number of anilines is 1. The van der Waals surface area contributed by atoms with Gasteiger partial charge in [0.1, 0.15) is 0 Å². The van der Waals surface area contributed by atoms with Crippen LogP contribution >= 0.6 is 0 Å². The van der Waals surface area contributed by atoms with E-state index in [4.69, 9.17) is 0 Å². The van der Waals surface area contributed by atoms with E-state index in [2.05, 4.69) is 43.4 Å². The molecule has 0 aliphatic carbocycles. The molecule has 28 heavy (non-hydrogen) atoms. The van der Waals surface area contributed by atoms with Crippen LogP contribution in [0.1, 0.15) is 30.9 Å². The van der Waals surface area contributed by atoms with Crippen LogP contribution in [0.3, 0.4) is 0 Å². The number of nitrogens with one attached hydrogen (secondary N) is 1. The van der Waals surface area contributed by atoms with Gasteiger partial charge in [0.25, 0.3) is 0 Å². The van der Waals surface area contributed by atoms with E-state index in [0.29, 0.717) is 18.2 Å². The maximum atomic E-state index is 12.3. The molecule has 0 unspecified atom stereocenters. The fourth-order valence-electron chi connectivity index (χ4n) is 2.77. The molecule has 2 rings (SSSR count). The van der Waals surface area contributed by atoms with Crippen molar-refractivity contribution in [2.45, 2.75) is 31.2 Å². The molecule has 2 aromatic carbocycles. The van der Waals surface area contributed by atoms with E-state index in [1.807, 2.05) is 11.9 Å². The van der Waals surface area contributed by atoms with Crippen molar-refractivity contribution in [1.29, 1.82) is 0 Å². The summed E-state index contributed by atoms with van der Waals surface area (Å²) in [6.45, 7) is 5.17. The fraction of sp³-hybridized carbons (Fsp3) is 0.381. The van der Waals surface area contributed by atoms with Gasteiger partial charge in [0.2, 0.25) is 15.9 Å². The quantitative estimate of drug-likeness (QED) is 0.735. The molecule has 0 heterocycles. The van der Waals surface area contributed by atoms with E-state index in [-0.39, 0.29) is 17.3 Å². The lowest BCUT2D eigenvalue weighted by molar-refractivity contribution is -0.117. The number of carbonyl (C=O) groups excluding carboxylic acids is 1. The number of amides is 1. The highest BCUT2D eigenvalue weighted by Gasteiger charge is 2.17. The van der Waals surface area contributed by atoms with Gasteiger partial charge in [-0.25, -0.2) is 12.7 Å². The number of nitrogens with zero attached hydrogens (tertiary/aromatic N) is 2. The van der Waals surface area contributed by atoms with E-state index in [9.17, 15) is 13.2 Å². The summed E-state index contributed by atoms with van der Waals surface area (Å²) < 4.78 is 25.6. The summed E-state index contributed by atoms with van der Waals surface area (Å²) in [6, 6.07) is 14.7. The average Bonchev–Trinajstić information content (AvgIpc) is 2.61. The Bertz CT molecular complexity index is 907. The Hall–Kier alpha value is -2.22. The molecule has 0 radical (unpaired) electrons. The van der Waals surface area contributed by atoms with Crippen LogP contribution in [0.4, 0.5) is 5.69 Å². The maximum Gasteiger partial charge on any atom is 0.242 e. The maximum absolute atomic E-state index is 12.3. The van der Waals surface area contributed by atoms with Crippen molar-refractivity contribution in [3.8, 4) is 0 Å². The monoisotopic (exact) mass is 403 g/mol. The predicted octanol–water partition coefficient (Wildman–Crippen LogP) is 3.13. The van der Waals surface area contributed by atoms with Gasteiger partial charge in [-0.05, 0) is 42.3 Å². The minimum absolute atomic E-state index is 0.147. The topological polar surface area (TPSA) is 69.7 Å². The highest BCUT2D eigenvalue weighted by molar-refractivity contribution is 7.89. The normalized spacial score (nSPS) is 12.0. The molecule has 0 aromatic heterocycles. The van der Waals surface area contributed by atoms with Crippen molar-refractivity contribution < 1.29 is 13.2 Å². The summed E-state index contributed by atoms with van der Waals surface area (Å²) in [4.78, 5) is 14.4. The zero-order valence-electron chi connectivity index (χ0n) is 17.1. The average molecular weight is 404 g/mol. The molecule has 0 bridgehead atoms. The molecular weight excluding hydrogens is 374 g/mol. The van der Waals surface area contributed by atoms with E-state index in [1.54, 1.807) is 12.1 Å². The minimum Gasteiger partial charge on any atom is -0.325 e. The van der Waals surface area contributed by atoms with Gasteiger partial charge in [0.05, 0.1) is 11.4 Å². The number of rotatable bonds is 8. The number of hydrogen-bond acceptors (Lipinski definition) is 4. The largest absolute Gasteiger partial charge is 0.325 e. The third-order valence-corrected chi connectivity index (χ3v) is 6.22. The van der Waals surface area contributed by atoms with Gasteiger partial charge >= 0.3 is 0 Å². The highest BCUT2D eigenvalue weighted by Crippen LogP contribution is 2.18. The lowest BCUT2D eigenvalue weighted by atomic mass is 10.0. The Morgan fingerprint density at radius 3 is 2.25 bits per heavy atom. The first-order chi connectivity index (χ1) is 13.1. The second-order valence-corrected chi connectivity index (χ2v) is 9.58. The van der Waals surface area contributed by atoms with Crippen LogP contribution in [0.25, 0.3) is 0 Å². The van der Waals surface area contributed by atoms with Crippen LogP contribution < -0.4 is 5.32 Å². The summed E-state index contributed by atoms with van der Waals surface area (Å²) in [5.74, 6) is 0.297. The van der Waals surface area contributed by atoms with Crippen LogP contribution in [0.2, 0.25) is 0 Å². The second kappa shape index (κ2) is 9.32. The third kappa shape index (κ3) is 5.89. The summed E-state index contributed by atoms with van der Waals surface area (Å²) in [5.41, 5.74) is 2.89. The number of carbonyl (C=O) groups is 1. The standard InChI is InChI=1S/C21H29N3O3S/c1-16(2)18-11-9-17(10-12-18)14-24(5)15-21(25)22-19-7-6-8-20(13-19)28(26,27)23(3)4/h6-13,16H,14-15H2,1-5H3,(H,22,25). The fourth-order valence-corrected chi connectivity index (χ4v) is 3.71. The second-order valence-electron chi connectivity index (χ2n) is 7.43. The van der Waals surface area contributed by atoms with Crippen molar-refractivity contribution in [3.05, 3.63) is 59.7 Å². The van der Waals surface area contributed by atoms with Gasteiger partial charge < -0.3 is 5.32 Å². The SMILES string of the molecule is CC(C)c1ccc(CN(C)CC(=O)Nc2cccc(S(=O)(=O)N(C)C)c2)cc1. The highest BCUT2D eigenvalue weighted by atomic mass is 32.2. The summed E-state index contributed by atoms with van der Waals surface area (Å²) in [7, 11) is 1.29. The van der Waals surface area contributed by atoms with Gasteiger partial charge in [-0.15, -0.1) is 0 Å². The number of hydrogen-bond donors (Lipinski definition) is 1. The van der Waals surface area contributed by atoms with Crippen LogP contribution in [-0.2, 0) is 21.4 Å². The molecule has 152 valence electrons. The molecule has 0 fully saturated rings. The number of benzene rings is 2. The van der Waals surface area contributed by atoms with Crippen LogP contribution in [0.15, 0.2) is 53.4 Å². The number of sulfonamides is 1. The van der Waals surface area contributed by atoms with Crippen molar-refractivity contribution in [1.82, 2.24) is 9.21 Å². The first-order valence-electron chi connectivity index (χ1n) is 9.19. The molecular formula is C21H29N3O3S. The molecule has 6 nitrogen and oxygen atoms in total. The van der Waals surface area contributed by atoms with Crippen molar-refractivity contribution in [2.24, 2.45) is 0 Å². The van der Waals surface area contributed by atoms with Crippen LogP contribution in [-0.4, -0.2) is 51.2 Å². The van der Waals surface area contributed by atoms with E-state index in [0.717, 1.165) is 9.87 Å². The van der Waals surface area contributed by atoms with Crippen molar-refractivity contribution in [3.63, 3.8) is 0 Å². The minimum atomic E-state index is -3.54. The first-order valence-corrected chi connectivity index (χ1v) is 10.6. The van der Waals surface area contributed by atoms with Crippen LogP contribution in [0, 0.1) is 0 Å². The molecule has 0 aliphatic rings. The molecule has 0 saturated carbocycles. The molecule has 0 atom stereocenters. The van der Waals surface area contributed by atoms with E-state index in [1.165, 1.54) is 31.8 Å². The molecule has 1 amide bonds. The van der Waals surface area contributed by atoms with E-state index < -0.39 is 10.0 Å². The predicted molar refractivity (Wildman–Crippen MR) is 113 cm³/mol. The van der Waals surface area contributed by atoms with Crippen molar-refractivity contribution >= 4 is 21.6 Å². The molecule has 0 spiro atoms. The lowest BCUT2D eigenvalue weighted by Crippen LogP contribution is -2.30. The zero-order valence-corrected chi connectivity index (χ0v) is 18.0. The molecule has 7 heteroatoms. The Kier molecular flexibility index (Phi) is 7.35. The third-order valence-electron chi connectivity index (χ3n) is 4.41. The van der Waals surface area contributed by atoms with Gasteiger partial charge in [-0.1, -0.05) is 44.2 Å². The van der Waals surface area contributed by atoms with Crippen molar-refractivity contribution in [2.75, 3.05) is 33.0 Å². The lowest BCUT2D eigenvalue weighted by Gasteiger charge is -2.17. The molecule has 0 aliphatic heterocycles. The Labute approximate surface area is 168 Å². The summed E-state index contributed by atoms with van der Waals surface area (Å²) in [6.07, 6.45) is 0. The van der Waals surface area contributed by atoms with Gasteiger partial charge in [0, 0.05) is 26.3 Å². The summed E-state index contributed by atoms with van der Waals surface area (Å²) >= 11 is 0. The Morgan fingerprint density at radius 1 is 1.04 bits per heavy atom. The Morgan fingerprint density at radius 2 is 1.68 bits per heavy atom. The Balaban J connectivity index is 1.96. The zero-order chi connectivity index (χ0) is 20.9. The molecule has 0 saturated heterocycles. The number of likely N-dealkylation sites (N-methyl/N-ethyl adjacent to an activating group) is 1.